The number of amides is 2. The van der Waals surface area contributed by atoms with Gasteiger partial charge in [0.05, 0.1) is 23.6 Å². The first-order valence-electron chi connectivity index (χ1n) is 9.17. The number of nitrogens with one attached hydrogen (secondary N) is 1. The van der Waals surface area contributed by atoms with Crippen LogP contribution >= 0.6 is 15.9 Å². The van der Waals surface area contributed by atoms with E-state index >= 15 is 0 Å². The molecular weight excluding hydrogens is 428 g/mol. The molecule has 0 spiro atoms. The van der Waals surface area contributed by atoms with Crippen molar-refractivity contribution in [1.29, 1.82) is 0 Å². The standard InChI is InChI=1S/C18H25BrN6O3/c1-5-10-7-24(17(27)28-18(2,3)4)8-12(10)22-14-11(15(20)26)6-21-25-9-13(19)23-16(14)25/h6,9-10,12,22H,5,7-8H2,1-4H3,(H2,20,26). The lowest BCUT2D eigenvalue weighted by molar-refractivity contribution is 0.0287. The van der Waals surface area contributed by atoms with Crippen LogP contribution in [-0.4, -0.2) is 56.2 Å². The molecule has 0 aromatic carbocycles. The number of hydrogen-bond acceptors (Lipinski definition) is 6. The Balaban J connectivity index is 1.89. The summed E-state index contributed by atoms with van der Waals surface area (Å²) < 4.78 is 7.67. The number of carbonyl (C=O) groups is 2. The predicted octanol–water partition coefficient (Wildman–Crippen LogP) is 2.65. The quantitative estimate of drug-likeness (QED) is 0.736. The highest BCUT2D eigenvalue weighted by Crippen LogP contribution is 2.29. The highest BCUT2D eigenvalue weighted by Gasteiger charge is 2.37. The van der Waals surface area contributed by atoms with Crippen LogP contribution in [0, 0.1) is 5.92 Å². The van der Waals surface area contributed by atoms with Gasteiger partial charge < -0.3 is 20.7 Å². The van der Waals surface area contributed by atoms with Gasteiger partial charge in [-0.1, -0.05) is 6.92 Å². The van der Waals surface area contributed by atoms with Crippen LogP contribution in [0.1, 0.15) is 44.5 Å². The highest BCUT2D eigenvalue weighted by molar-refractivity contribution is 9.10. The number of carbonyl (C=O) groups excluding carboxylic acids is 2. The summed E-state index contributed by atoms with van der Waals surface area (Å²) >= 11 is 3.33. The zero-order chi connectivity index (χ0) is 20.6. The summed E-state index contributed by atoms with van der Waals surface area (Å²) in [6, 6.07) is -0.0720. The van der Waals surface area contributed by atoms with Crippen molar-refractivity contribution < 1.29 is 14.3 Å². The molecule has 10 heteroatoms. The van der Waals surface area contributed by atoms with E-state index in [-0.39, 0.29) is 23.6 Å². The monoisotopic (exact) mass is 452 g/mol. The largest absolute Gasteiger partial charge is 0.444 e. The molecule has 0 radical (unpaired) electrons. The van der Waals surface area contributed by atoms with Crippen molar-refractivity contribution in [2.75, 3.05) is 18.4 Å². The van der Waals surface area contributed by atoms with Gasteiger partial charge in [0.2, 0.25) is 0 Å². The molecule has 3 heterocycles. The number of rotatable bonds is 4. The van der Waals surface area contributed by atoms with Crippen LogP contribution in [0.25, 0.3) is 5.65 Å². The normalized spacial score (nSPS) is 19.8. The van der Waals surface area contributed by atoms with Gasteiger partial charge in [0, 0.05) is 19.1 Å². The molecule has 152 valence electrons. The minimum atomic E-state index is -0.591. The lowest BCUT2D eigenvalue weighted by Gasteiger charge is -2.24. The van der Waals surface area contributed by atoms with Crippen LogP contribution in [0.3, 0.4) is 0 Å². The summed E-state index contributed by atoms with van der Waals surface area (Å²) in [5.74, 6) is -0.397. The van der Waals surface area contributed by atoms with Gasteiger partial charge in [-0.15, -0.1) is 0 Å². The fraction of sp³-hybridized carbons (Fsp3) is 0.556. The van der Waals surface area contributed by atoms with E-state index in [2.05, 4.69) is 38.3 Å². The van der Waals surface area contributed by atoms with Crippen molar-refractivity contribution in [1.82, 2.24) is 19.5 Å². The second-order valence-corrected chi connectivity index (χ2v) is 8.75. The van der Waals surface area contributed by atoms with Crippen LogP contribution in [0.2, 0.25) is 0 Å². The average Bonchev–Trinajstić information content (AvgIpc) is 3.16. The summed E-state index contributed by atoms with van der Waals surface area (Å²) in [5.41, 5.74) is 6.26. The van der Waals surface area contributed by atoms with Gasteiger partial charge >= 0.3 is 6.09 Å². The molecule has 9 nitrogen and oxygen atoms in total. The van der Waals surface area contributed by atoms with E-state index in [1.54, 1.807) is 15.6 Å². The molecule has 1 saturated heterocycles. The van der Waals surface area contributed by atoms with E-state index in [0.717, 1.165) is 6.42 Å². The average molecular weight is 453 g/mol. The van der Waals surface area contributed by atoms with Crippen molar-refractivity contribution in [3.63, 3.8) is 0 Å². The number of aromatic nitrogens is 3. The summed E-state index contributed by atoms with van der Waals surface area (Å²) in [6.45, 7) is 8.64. The number of fused-ring (bicyclic) bond motifs is 1. The zero-order valence-corrected chi connectivity index (χ0v) is 18.0. The van der Waals surface area contributed by atoms with Crippen molar-refractivity contribution >= 4 is 39.3 Å². The van der Waals surface area contributed by atoms with Crippen LogP contribution in [0.4, 0.5) is 10.5 Å². The Morgan fingerprint density at radius 2 is 2.11 bits per heavy atom. The lowest BCUT2D eigenvalue weighted by Crippen LogP contribution is -2.36. The van der Waals surface area contributed by atoms with Gasteiger partial charge in [-0.25, -0.2) is 14.3 Å². The molecule has 2 aromatic heterocycles. The molecule has 1 aliphatic rings. The Morgan fingerprint density at radius 1 is 1.39 bits per heavy atom. The van der Waals surface area contributed by atoms with E-state index in [1.807, 2.05) is 20.8 Å². The number of nitrogens with zero attached hydrogens (tertiary/aromatic N) is 4. The van der Waals surface area contributed by atoms with E-state index in [1.165, 1.54) is 6.20 Å². The van der Waals surface area contributed by atoms with Crippen LogP contribution in [0.5, 0.6) is 0 Å². The first-order chi connectivity index (χ1) is 13.1. The molecular formula is C18H25BrN6O3. The van der Waals surface area contributed by atoms with Crippen LogP contribution in [0.15, 0.2) is 17.0 Å². The third-order valence-electron chi connectivity index (χ3n) is 4.67. The zero-order valence-electron chi connectivity index (χ0n) is 16.4. The number of anilines is 1. The Kier molecular flexibility index (Phi) is 5.51. The Bertz CT molecular complexity index is 907. The van der Waals surface area contributed by atoms with E-state index in [0.29, 0.717) is 29.0 Å². The van der Waals surface area contributed by atoms with Crippen molar-refractivity contribution in [3.05, 3.63) is 22.6 Å². The molecule has 3 rings (SSSR count). The van der Waals surface area contributed by atoms with Crippen molar-refractivity contribution in [3.8, 4) is 0 Å². The van der Waals surface area contributed by atoms with Gasteiger partial charge in [0.15, 0.2) is 5.65 Å². The maximum atomic E-state index is 12.5. The van der Waals surface area contributed by atoms with Crippen LogP contribution < -0.4 is 11.1 Å². The first-order valence-corrected chi connectivity index (χ1v) is 9.96. The van der Waals surface area contributed by atoms with Gasteiger partial charge in [0.1, 0.15) is 10.2 Å². The number of halogens is 1. The molecule has 0 bridgehead atoms. The summed E-state index contributed by atoms with van der Waals surface area (Å²) in [7, 11) is 0. The summed E-state index contributed by atoms with van der Waals surface area (Å²) in [5, 5.41) is 7.58. The van der Waals surface area contributed by atoms with Crippen molar-refractivity contribution in [2.24, 2.45) is 11.7 Å². The summed E-state index contributed by atoms with van der Waals surface area (Å²) in [4.78, 5) is 30.5. The Morgan fingerprint density at radius 3 is 2.71 bits per heavy atom. The molecule has 1 fully saturated rings. The predicted molar refractivity (Wildman–Crippen MR) is 108 cm³/mol. The molecule has 0 saturated carbocycles. The van der Waals surface area contributed by atoms with E-state index in [4.69, 9.17) is 10.5 Å². The molecule has 0 aliphatic carbocycles. The molecule has 2 aromatic rings. The number of imidazole rings is 1. The SMILES string of the molecule is CCC1CN(C(=O)OC(C)(C)C)CC1Nc1c(C(N)=O)cnn2cc(Br)nc12. The number of likely N-dealkylation sites (tertiary alicyclic amines) is 1. The smallest absolute Gasteiger partial charge is 0.410 e. The Hall–Kier alpha value is -2.36. The Labute approximate surface area is 171 Å². The first kappa shape index (κ1) is 20.4. The maximum absolute atomic E-state index is 12.5. The van der Waals surface area contributed by atoms with Gasteiger partial charge in [-0.05, 0) is 49.0 Å². The fourth-order valence-electron chi connectivity index (χ4n) is 3.35. The fourth-order valence-corrected chi connectivity index (χ4v) is 3.71. The molecule has 2 unspecified atom stereocenters. The molecule has 2 amide bonds. The number of nitrogens with two attached hydrogens (primary N) is 1. The third-order valence-corrected chi connectivity index (χ3v) is 5.06. The summed E-state index contributed by atoms with van der Waals surface area (Å²) in [6.07, 6.45) is 3.65. The maximum Gasteiger partial charge on any atom is 0.410 e. The minimum absolute atomic E-state index is 0.0720. The third kappa shape index (κ3) is 4.21. The van der Waals surface area contributed by atoms with E-state index < -0.39 is 11.5 Å². The topological polar surface area (TPSA) is 115 Å². The second kappa shape index (κ2) is 7.57. The van der Waals surface area contributed by atoms with Gasteiger partial charge in [-0.3, -0.25) is 4.79 Å². The van der Waals surface area contributed by atoms with E-state index in [9.17, 15) is 9.59 Å². The molecule has 1 aliphatic heterocycles. The van der Waals surface area contributed by atoms with Crippen molar-refractivity contribution in [2.45, 2.75) is 45.8 Å². The number of hydrogen-bond donors (Lipinski definition) is 2. The molecule has 2 atom stereocenters. The van der Waals surface area contributed by atoms with Crippen LogP contribution in [-0.2, 0) is 4.74 Å². The lowest BCUT2D eigenvalue weighted by atomic mass is 10.0. The van der Waals surface area contributed by atoms with Gasteiger partial charge in [-0.2, -0.15) is 5.10 Å². The molecule has 3 N–H and O–H groups in total. The van der Waals surface area contributed by atoms with Gasteiger partial charge in [0.25, 0.3) is 5.91 Å². The number of ether oxygens (including phenoxy) is 1. The minimum Gasteiger partial charge on any atom is -0.444 e. The second-order valence-electron chi connectivity index (χ2n) is 7.93. The molecule has 28 heavy (non-hydrogen) atoms. The highest BCUT2D eigenvalue weighted by atomic mass is 79.9. The number of primary amides is 1.